The van der Waals surface area contributed by atoms with Gasteiger partial charge in [0.2, 0.25) is 0 Å². The highest BCUT2D eigenvalue weighted by atomic mass is 32.1. The number of hydrogen-bond acceptors (Lipinski definition) is 5. The number of thiazole rings is 1. The largest absolute Gasteiger partial charge is 0.450 e. The Kier molecular flexibility index (Phi) is 4.95. The number of carbonyl (C=O) groups is 1. The predicted octanol–water partition coefficient (Wildman–Crippen LogP) is 3.08. The standard InChI is InChI=1S/C14H17N3O2S/c1-2-19-14(18)17-13-16-12(9-20-13)8-5-10-3-6-11(15)7-4-10/h3-4,6-7,9H,2,5,8,15H2,1H3,(H,16,17,18). The van der Waals surface area contributed by atoms with Crippen LogP contribution < -0.4 is 11.1 Å². The van der Waals surface area contributed by atoms with Gasteiger partial charge in [0, 0.05) is 11.1 Å². The van der Waals surface area contributed by atoms with Crippen molar-refractivity contribution < 1.29 is 9.53 Å². The van der Waals surface area contributed by atoms with E-state index in [1.54, 1.807) is 6.92 Å². The van der Waals surface area contributed by atoms with E-state index >= 15 is 0 Å². The van der Waals surface area contributed by atoms with Crippen LogP contribution in [0.5, 0.6) is 0 Å². The van der Waals surface area contributed by atoms with Crippen LogP contribution in [0.2, 0.25) is 0 Å². The summed E-state index contributed by atoms with van der Waals surface area (Å²) in [5.74, 6) is 0. The van der Waals surface area contributed by atoms with Crippen molar-refractivity contribution >= 4 is 28.2 Å². The molecule has 0 unspecified atom stereocenters. The number of rotatable bonds is 5. The number of amides is 1. The lowest BCUT2D eigenvalue weighted by atomic mass is 10.1. The molecule has 0 bridgehead atoms. The van der Waals surface area contributed by atoms with E-state index in [0.29, 0.717) is 11.7 Å². The zero-order chi connectivity index (χ0) is 14.4. The Labute approximate surface area is 121 Å². The maximum absolute atomic E-state index is 11.3. The second kappa shape index (κ2) is 6.91. The van der Waals surface area contributed by atoms with E-state index in [-0.39, 0.29) is 0 Å². The van der Waals surface area contributed by atoms with Gasteiger partial charge in [0.1, 0.15) is 0 Å². The predicted molar refractivity (Wildman–Crippen MR) is 81.0 cm³/mol. The number of nitrogens with one attached hydrogen (secondary N) is 1. The average Bonchev–Trinajstić information content (AvgIpc) is 2.86. The molecule has 0 fully saturated rings. The Morgan fingerprint density at radius 2 is 2.10 bits per heavy atom. The molecule has 1 amide bonds. The smallest absolute Gasteiger partial charge is 0.413 e. The van der Waals surface area contributed by atoms with Crippen molar-refractivity contribution in [3.05, 3.63) is 40.9 Å². The minimum absolute atomic E-state index is 0.348. The number of aromatic nitrogens is 1. The number of ether oxygens (including phenoxy) is 1. The van der Waals surface area contributed by atoms with Crippen molar-refractivity contribution in [3.8, 4) is 0 Å². The van der Waals surface area contributed by atoms with Crippen molar-refractivity contribution in [2.24, 2.45) is 0 Å². The van der Waals surface area contributed by atoms with Crippen molar-refractivity contribution in [3.63, 3.8) is 0 Å². The van der Waals surface area contributed by atoms with E-state index in [9.17, 15) is 4.79 Å². The van der Waals surface area contributed by atoms with Gasteiger partial charge >= 0.3 is 6.09 Å². The van der Waals surface area contributed by atoms with E-state index in [1.165, 1.54) is 16.9 Å². The van der Waals surface area contributed by atoms with Gasteiger partial charge in [-0.25, -0.2) is 9.78 Å². The highest BCUT2D eigenvalue weighted by Crippen LogP contribution is 2.17. The molecular formula is C14H17N3O2S. The summed E-state index contributed by atoms with van der Waals surface area (Å²) in [5.41, 5.74) is 8.58. The Morgan fingerprint density at radius 1 is 1.35 bits per heavy atom. The van der Waals surface area contributed by atoms with E-state index < -0.39 is 6.09 Å². The van der Waals surface area contributed by atoms with E-state index in [0.717, 1.165) is 24.2 Å². The third-order valence-electron chi connectivity index (χ3n) is 2.69. The fraction of sp³-hybridized carbons (Fsp3) is 0.286. The van der Waals surface area contributed by atoms with Gasteiger partial charge in [-0.3, -0.25) is 5.32 Å². The fourth-order valence-corrected chi connectivity index (χ4v) is 2.42. The molecule has 106 valence electrons. The summed E-state index contributed by atoms with van der Waals surface area (Å²) < 4.78 is 4.80. The third-order valence-corrected chi connectivity index (χ3v) is 3.49. The first-order valence-corrected chi connectivity index (χ1v) is 7.28. The van der Waals surface area contributed by atoms with Crippen LogP contribution in [0.4, 0.5) is 15.6 Å². The molecule has 0 aliphatic rings. The Balaban J connectivity index is 1.86. The summed E-state index contributed by atoms with van der Waals surface area (Å²) >= 11 is 1.40. The van der Waals surface area contributed by atoms with Gasteiger partial charge < -0.3 is 10.5 Å². The number of aryl methyl sites for hydroxylation is 2. The zero-order valence-corrected chi connectivity index (χ0v) is 12.1. The van der Waals surface area contributed by atoms with Crippen LogP contribution in [0, 0.1) is 0 Å². The molecule has 1 aromatic heterocycles. The van der Waals surface area contributed by atoms with Gasteiger partial charge in [-0.15, -0.1) is 11.3 Å². The molecule has 2 rings (SSSR count). The molecule has 0 aliphatic heterocycles. The van der Waals surface area contributed by atoms with Gasteiger partial charge in [-0.2, -0.15) is 0 Å². The van der Waals surface area contributed by atoms with Gasteiger partial charge in [-0.1, -0.05) is 12.1 Å². The Hall–Kier alpha value is -2.08. The molecule has 0 spiro atoms. The number of nitrogens with two attached hydrogens (primary N) is 1. The molecular weight excluding hydrogens is 274 g/mol. The first-order valence-electron chi connectivity index (χ1n) is 6.40. The molecule has 5 nitrogen and oxygen atoms in total. The van der Waals surface area contributed by atoms with Crippen LogP contribution in [0.15, 0.2) is 29.6 Å². The van der Waals surface area contributed by atoms with Gasteiger partial charge in [0.25, 0.3) is 0 Å². The highest BCUT2D eigenvalue weighted by Gasteiger charge is 2.07. The molecule has 1 heterocycles. The molecule has 0 saturated carbocycles. The van der Waals surface area contributed by atoms with Gasteiger partial charge in [0.05, 0.1) is 12.3 Å². The summed E-state index contributed by atoms with van der Waals surface area (Å²) in [5, 5.41) is 5.11. The summed E-state index contributed by atoms with van der Waals surface area (Å²) in [7, 11) is 0. The fourth-order valence-electron chi connectivity index (χ4n) is 1.69. The Bertz CT molecular complexity index is 566. The molecule has 1 aromatic carbocycles. The molecule has 3 N–H and O–H groups in total. The molecule has 0 saturated heterocycles. The van der Waals surface area contributed by atoms with Crippen molar-refractivity contribution in [1.82, 2.24) is 4.98 Å². The average molecular weight is 291 g/mol. The first kappa shape index (κ1) is 14.3. The lowest BCUT2D eigenvalue weighted by molar-refractivity contribution is 0.168. The van der Waals surface area contributed by atoms with Crippen molar-refractivity contribution in [1.29, 1.82) is 0 Å². The van der Waals surface area contributed by atoms with Gasteiger partial charge in [-0.05, 0) is 37.5 Å². The molecule has 0 atom stereocenters. The quantitative estimate of drug-likeness (QED) is 0.830. The highest BCUT2D eigenvalue weighted by molar-refractivity contribution is 7.13. The first-order chi connectivity index (χ1) is 9.67. The second-order valence-corrected chi connectivity index (χ2v) is 5.09. The number of carbonyl (C=O) groups excluding carboxylic acids is 1. The maximum Gasteiger partial charge on any atom is 0.413 e. The summed E-state index contributed by atoms with van der Waals surface area (Å²) in [6.45, 7) is 2.11. The number of benzene rings is 1. The van der Waals surface area contributed by atoms with Crippen LogP contribution in [0.25, 0.3) is 0 Å². The third kappa shape index (κ3) is 4.24. The molecule has 0 radical (unpaired) electrons. The second-order valence-electron chi connectivity index (χ2n) is 4.23. The van der Waals surface area contributed by atoms with Crippen molar-refractivity contribution in [2.75, 3.05) is 17.7 Å². The summed E-state index contributed by atoms with van der Waals surface area (Å²) in [6, 6.07) is 7.81. The minimum atomic E-state index is -0.466. The molecule has 0 aliphatic carbocycles. The maximum atomic E-state index is 11.3. The lowest BCUT2D eigenvalue weighted by Crippen LogP contribution is -2.13. The van der Waals surface area contributed by atoms with Crippen LogP contribution in [-0.4, -0.2) is 17.7 Å². The van der Waals surface area contributed by atoms with Crippen LogP contribution in [0.1, 0.15) is 18.2 Å². The zero-order valence-electron chi connectivity index (χ0n) is 11.3. The van der Waals surface area contributed by atoms with E-state index in [4.69, 9.17) is 10.5 Å². The van der Waals surface area contributed by atoms with Crippen LogP contribution in [-0.2, 0) is 17.6 Å². The number of anilines is 2. The topological polar surface area (TPSA) is 77.2 Å². The number of nitrogen functional groups attached to an aromatic ring is 1. The number of hydrogen-bond donors (Lipinski definition) is 2. The number of nitrogens with zero attached hydrogens (tertiary/aromatic N) is 1. The minimum Gasteiger partial charge on any atom is -0.450 e. The molecule has 20 heavy (non-hydrogen) atoms. The molecule has 6 heteroatoms. The monoisotopic (exact) mass is 291 g/mol. The van der Waals surface area contributed by atoms with E-state index in [2.05, 4.69) is 10.3 Å². The van der Waals surface area contributed by atoms with Crippen LogP contribution in [0.3, 0.4) is 0 Å². The summed E-state index contributed by atoms with van der Waals surface area (Å²) in [6.07, 6.45) is 1.25. The van der Waals surface area contributed by atoms with E-state index in [1.807, 2.05) is 29.6 Å². The summed E-state index contributed by atoms with van der Waals surface area (Å²) in [4.78, 5) is 15.6. The normalized spacial score (nSPS) is 10.2. The SMILES string of the molecule is CCOC(=O)Nc1nc(CCc2ccc(N)cc2)cs1. The Morgan fingerprint density at radius 3 is 2.80 bits per heavy atom. The lowest BCUT2D eigenvalue weighted by Gasteiger charge is -2.01. The van der Waals surface area contributed by atoms with Crippen molar-refractivity contribution in [2.45, 2.75) is 19.8 Å². The van der Waals surface area contributed by atoms with Crippen LogP contribution >= 0.6 is 11.3 Å². The van der Waals surface area contributed by atoms with Gasteiger partial charge in [0.15, 0.2) is 5.13 Å². The molecule has 2 aromatic rings.